The standard InChI is InChI=1S/C16H13FN2O2/c17-12-5-1-3-10(7-12)15-13-6-2-4-11(9-20)16(13)19-14(21)8-18-15/h1-7,20H,8-9H2,(H,19,21). The van der Waals surface area contributed by atoms with Gasteiger partial charge in [0.25, 0.3) is 0 Å². The van der Waals surface area contributed by atoms with Crippen molar-refractivity contribution in [3.63, 3.8) is 0 Å². The number of rotatable bonds is 2. The van der Waals surface area contributed by atoms with Crippen molar-refractivity contribution in [1.82, 2.24) is 0 Å². The Balaban J connectivity index is 2.21. The predicted octanol–water partition coefficient (Wildman–Crippen LogP) is 2.11. The molecule has 2 N–H and O–H groups in total. The molecule has 2 aromatic carbocycles. The Kier molecular flexibility index (Phi) is 3.50. The maximum atomic E-state index is 13.4. The highest BCUT2D eigenvalue weighted by atomic mass is 19.1. The molecule has 0 saturated carbocycles. The van der Waals surface area contributed by atoms with Crippen molar-refractivity contribution in [1.29, 1.82) is 0 Å². The van der Waals surface area contributed by atoms with Crippen LogP contribution in [0.3, 0.4) is 0 Å². The summed E-state index contributed by atoms with van der Waals surface area (Å²) in [5, 5.41) is 12.2. The van der Waals surface area contributed by atoms with E-state index in [1.807, 2.05) is 0 Å². The van der Waals surface area contributed by atoms with Gasteiger partial charge in [0.15, 0.2) is 0 Å². The smallest absolute Gasteiger partial charge is 0.246 e. The third-order valence-electron chi connectivity index (χ3n) is 3.32. The van der Waals surface area contributed by atoms with Gasteiger partial charge in [0.1, 0.15) is 12.4 Å². The Morgan fingerprint density at radius 1 is 1.24 bits per heavy atom. The van der Waals surface area contributed by atoms with Crippen LogP contribution in [-0.4, -0.2) is 23.3 Å². The van der Waals surface area contributed by atoms with Crippen LogP contribution in [0.5, 0.6) is 0 Å². The van der Waals surface area contributed by atoms with Gasteiger partial charge in [-0.2, -0.15) is 0 Å². The molecule has 2 aromatic rings. The highest BCUT2D eigenvalue weighted by molar-refractivity contribution is 6.19. The molecule has 21 heavy (non-hydrogen) atoms. The van der Waals surface area contributed by atoms with E-state index in [-0.39, 0.29) is 24.9 Å². The molecule has 0 radical (unpaired) electrons. The molecule has 4 nitrogen and oxygen atoms in total. The molecule has 0 bridgehead atoms. The van der Waals surface area contributed by atoms with Crippen LogP contribution in [0.4, 0.5) is 10.1 Å². The van der Waals surface area contributed by atoms with Gasteiger partial charge in [0, 0.05) is 16.7 Å². The normalized spacial score (nSPS) is 14.0. The molecule has 5 heteroatoms. The molecule has 0 fully saturated rings. The molecule has 3 rings (SSSR count). The van der Waals surface area contributed by atoms with Crippen molar-refractivity contribution in [2.24, 2.45) is 4.99 Å². The van der Waals surface area contributed by atoms with Crippen LogP contribution in [0.15, 0.2) is 47.5 Å². The zero-order valence-electron chi connectivity index (χ0n) is 11.1. The average Bonchev–Trinajstić information content (AvgIpc) is 2.65. The lowest BCUT2D eigenvalue weighted by molar-refractivity contribution is -0.114. The van der Waals surface area contributed by atoms with Gasteiger partial charge in [0.05, 0.1) is 18.0 Å². The van der Waals surface area contributed by atoms with E-state index in [4.69, 9.17) is 0 Å². The van der Waals surface area contributed by atoms with E-state index in [9.17, 15) is 14.3 Å². The van der Waals surface area contributed by atoms with Crippen molar-refractivity contribution >= 4 is 17.3 Å². The van der Waals surface area contributed by atoms with Crippen LogP contribution in [0.1, 0.15) is 16.7 Å². The number of carbonyl (C=O) groups excluding carboxylic acids is 1. The first-order valence-corrected chi connectivity index (χ1v) is 6.52. The van der Waals surface area contributed by atoms with Crippen LogP contribution in [0.25, 0.3) is 0 Å². The molecule has 0 aliphatic carbocycles. The second-order valence-corrected chi connectivity index (χ2v) is 4.72. The summed E-state index contributed by atoms with van der Waals surface area (Å²) in [6, 6.07) is 11.4. The summed E-state index contributed by atoms with van der Waals surface area (Å²) in [5.41, 5.74) is 2.95. The first kappa shape index (κ1) is 13.5. The van der Waals surface area contributed by atoms with Gasteiger partial charge in [0.2, 0.25) is 5.91 Å². The maximum Gasteiger partial charge on any atom is 0.246 e. The molecule has 1 aliphatic heterocycles. The number of amides is 1. The minimum Gasteiger partial charge on any atom is -0.392 e. The number of nitrogens with zero attached hydrogens (tertiary/aromatic N) is 1. The van der Waals surface area contributed by atoms with Crippen LogP contribution >= 0.6 is 0 Å². The molecule has 0 saturated heterocycles. The summed E-state index contributed by atoms with van der Waals surface area (Å²) in [6.45, 7) is -0.231. The van der Waals surface area contributed by atoms with E-state index in [0.29, 0.717) is 28.1 Å². The van der Waals surface area contributed by atoms with E-state index in [1.165, 1.54) is 12.1 Å². The fourth-order valence-electron chi connectivity index (χ4n) is 2.37. The van der Waals surface area contributed by atoms with Crippen LogP contribution in [0.2, 0.25) is 0 Å². The lowest BCUT2D eigenvalue weighted by Crippen LogP contribution is -2.15. The largest absolute Gasteiger partial charge is 0.392 e. The topological polar surface area (TPSA) is 61.7 Å². The van der Waals surface area contributed by atoms with Crippen molar-refractivity contribution in [3.05, 3.63) is 65.0 Å². The number of aliphatic imine (C=N–C) groups is 1. The highest BCUT2D eigenvalue weighted by Crippen LogP contribution is 2.26. The minimum atomic E-state index is -0.362. The number of aliphatic hydroxyl groups is 1. The number of hydrogen-bond donors (Lipinski definition) is 2. The van der Waals surface area contributed by atoms with Crippen molar-refractivity contribution in [2.45, 2.75) is 6.61 Å². The van der Waals surface area contributed by atoms with Crippen molar-refractivity contribution < 1.29 is 14.3 Å². The Morgan fingerprint density at radius 3 is 2.81 bits per heavy atom. The number of para-hydroxylation sites is 1. The van der Waals surface area contributed by atoms with Gasteiger partial charge in [-0.3, -0.25) is 9.79 Å². The van der Waals surface area contributed by atoms with Gasteiger partial charge in [-0.15, -0.1) is 0 Å². The number of fused-ring (bicyclic) bond motifs is 1. The molecular formula is C16H13FN2O2. The molecule has 0 spiro atoms. The fourth-order valence-corrected chi connectivity index (χ4v) is 2.37. The first-order valence-electron chi connectivity index (χ1n) is 6.52. The lowest BCUT2D eigenvalue weighted by atomic mass is 9.98. The Hall–Kier alpha value is -2.53. The highest BCUT2D eigenvalue weighted by Gasteiger charge is 2.20. The zero-order chi connectivity index (χ0) is 14.8. The lowest BCUT2D eigenvalue weighted by Gasteiger charge is -2.13. The molecule has 0 aromatic heterocycles. The third kappa shape index (κ3) is 2.55. The summed E-state index contributed by atoms with van der Waals surface area (Å²) in [5.74, 6) is -0.623. The van der Waals surface area contributed by atoms with Gasteiger partial charge in [-0.1, -0.05) is 30.3 Å². The van der Waals surface area contributed by atoms with E-state index in [0.717, 1.165) is 0 Å². The Morgan fingerprint density at radius 2 is 2.05 bits per heavy atom. The van der Waals surface area contributed by atoms with Crippen LogP contribution < -0.4 is 5.32 Å². The monoisotopic (exact) mass is 284 g/mol. The van der Waals surface area contributed by atoms with E-state index < -0.39 is 0 Å². The predicted molar refractivity (Wildman–Crippen MR) is 77.9 cm³/mol. The summed E-state index contributed by atoms with van der Waals surface area (Å²) in [7, 11) is 0. The van der Waals surface area contributed by atoms with Crippen LogP contribution in [0, 0.1) is 5.82 Å². The molecule has 1 amide bonds. The average molecular weight is 284 g/mol. The number of anilines is 1. The maximum absolute atomic E-state index is 13.4. The molecular weight excluding hydrogens is 271 g/mol. The van der Waals surface area contributed by atoms with Crippen molar-refractivity contribution in [3.8, 4) is 0 Å². The summed E-state index contributed by atoms with van der Waals surface area (Å²) < 4.78 is 13.4. The number of hydrogen-bond acceptors (Lipinski definition) is 3. The zero-order valence-corrected chi connectivity index (χ0v) is 11.1. The first-order chi connectivity index (χ1) is 10.2. The third-order valence-corrected chi connectivity index (χ3v) is 3.32. The quantitative estimate of drug-likeness (QED) is 0.887. The fraction of sp³-hybridized carbons (Fsp3) is 0.125. The van der Waals surface area contributed by atoms with Gasteiger partial charge in [-0.25, -0.2) is 4.39 Å². The number of aliphatic hydroxyl groups excluding tert-OH is 1. The summed E-state index contributed by atoms with van der Waals surface area (Å²) in [4.78, 5) is 16.1. The van der Waals surface area contributed by atoms with Gasteiger partial charge < -0.3 is 10.4 Å². The van der Waals surface area contributed by atoms with Crippen molar-refractivity contribution in [2.75, 3.05) is 11.9 Å². The number of nitrogens with one attached hydrogen (secondary N) is 1. The molecule has 0 unspecified atom stereocenters. The second-order valence-electron chi connectivity index (χ2n) is 4.72. The van der Waals surface area contributed by atoms with Gasteiger partial charge in [-0.05, 0) is 12.1 Å². The Bertz CT molecular complexity index is 741. The number of benzene rings is 2. The SMILES string of the molecule is O=C1CN=C(c2cccc(F)c2)c2cccc(CO)c2N1. The second kappa shape index (κ2) is 5.46. The van der Waals surface area contributed by atoms with Crippen LogP contribution in [-0.2, 0) is 11.4 Å². The molecule has 1 aliphatic rings. The molecule has 0 atom stereocenters. The molecule has 106 valence electrons. The number of halogens is 1. The summed E-state index contributed by atoms with van der Waals surface area (Å²) in [6.07, 6.45) is 0. The van der Waals surface area contributed by atoms with E-state index >= 15 is 0 Å². The summed E-state index contributed by atoms with van der Waals surface area (Å²) >= 11 is 0. The molecule has 1 heterocycles. The number of carbonyl (C=O) groups is 1. The van der Waals surface area contributed by atoms with Gasteiger partial charge >= 0.3 is 0 Å². The minimum absolute atomic E-state index is 0.0363. The van der Waals surface area contributed by atoms with E-state index in [1.54, 1.807) is 30.3 Å². The van der Waals surface area contributed by atoms with E-state index in [2.05, 4.69) is 10.3 Å². The Labute approximate surface area is 121 Å². The number of benzodiazepines with no additional fused rings is 1.